The predicted molar refractivity (Wildman–Crippen MR) is 71.3 cm³/mol. The summed E-state index contributed by atoms with van der Waals surface area (Å²) < 4.78 is 0. The summed E-state index contributed by atoms with van der Waals surface area (Å²) in [4.78, 5) is 6.79. The van der Waals surface area contributed by atoms with E-state index in [9.17, 15) is 0 Å². The predicted octanol–water partition coefficient (Wildman–Crippen LogP) is 3.11. The molecule has 1 saturated heterocycles. The summed E-state index contributed by atoms with van der Waals surface area (Å²) in [6, 6.07) is 5.89. The molecule has 0 bridgehead atoms. The van der Waals surface area contributed by atoms with Gasteiger partial charge in [0, 0.05) is 19.3 Å². The van der Waals surface area contributed by atoms with Gasteiger partial charge in [0.05, 0.1) is 11.6 Å². The van der Waals surface area contributed by atoms with Crippen molar-refractivity contribution in [2.75, 3.05) is 18.0 Å². The van der Waals surface area contributed by atoms with E-state index in [1.54, 1.807) is 12.3 Å². The highest BCUT2D eigenvalue weighted by molar-refractivity contribution is 5.46. The highest BCUT2D eigenvalue weighted by Crippen LogP contribution is 2.44. The van der Waals surface area contributed by atoms with Gasteiger partial charge in [0.1, 0.15) is 5.82 Å². The number of hydrogen-bond donors (Lipinski definition) is 0. The number of aromatic nitrogens is 1. The third-order valence-corrected chi connectivity index (χ3v) is 4.55. The van der Waals surface area contributed by atoms with Crippen LogP contribution in [0.4, 0.5) is 5.82 Å². The first-order valence-electron chi connectivity index (χ1n) is 6.93. The molecule has 1 saturated carbocycles. The van der Waals surface area contributed by atoms with Crippen molar-refractivity contribution in [2.24, 2.45) is 5.41 Å². The van der Waals surface area contributed by atoms with Crippen molar-refractivity contribution >= 4 is 5.82 Å². The molecule has 1 aromatic rings. The molecule has 3 rings (SSSR count). The third-order valence-electron chi connectivity index (χ3n) is 4.55. The quantitative estimate of drug-likeness (QED) is 0.758. The van der Waals surface area contributed by atoms with Crippen molar-refractivity contribution in [2.45, 2.75) is 38.5 Å². The number of nitriles is 1. The van der Waals surface area contributed by atoms with Crippen LogP contribution < -0.4 is 4.90 Å². The highest BCUT2D eigenvalue weighted by Gasteiger charge is 2.39. The lowest BCUT2D eigenvalue weighted by atomic mass is 9.73. The van der Waals surface area contributed by atoms with Gasteiger partial charge in [0.2, 0.25) is 0 Å². The van der Waals surface area contributed by atoms with E-state index in [2.05, 4.69) is 16.0 Å². The first-order chi connectivity index (χ1) is 8.81. The van der Waals surface area contributed by atoms with Crippen LogP contribution in [0.25, 0.3) is 0 Å². The molecule has 0 atom stereocenters. The molecule has 0 radical (unpaired) electrons. The molecule has 0 aromatic carbocycles. The van der Waals surface area contributed by atoms with Gasteiger partial charge in [-0.15, -0.1) is 0 Å². The molecule has 2 fully saturated rings. The Morgan fingerprint density at radius 3 is 2.83 bits per heavy atom. The van der Waals surface area contributed by atoms with Crippen molar-refractivity contribution in [3.63, 3.8) is 0 Å². The van der Waals surface area contributed by atoms with Crippen LogP contribution in [-0.4, -0.2) is 18.1 Å². The number of nitrogens with zero attached hydrogens (tertiary/aromatic N) is 3. The molecule has 3 heteroatoms. The second kappa shape index (κ2) is 4.61. The Labute approximate surface area is 108 Å². The SMILES string of the molecule is N#Cc1ccnc(N2CCC3(CCCCC3)C2)c1. The maximum Gasteiger partial charge on any atom is 0.129 e. The van der Waals surface area contributed by atoms with E-state index in [0.717, 1.165) is 18.9 Å². The molecular weight excluding hydrogens is 222 g/mol. The van der Waals surface area contributed by atoms with Gasteiger partial charge < -0.3 is 4.90 Å². The standard InChI is InChI=1S/C15H19N3/c16-11-13-4-8-17-14(10-13)18-9-7-15(12-18)5-2-1-3-6-15/h4,8,10H,1-3,5-7,9,12H2. The van der Waals surface area contributed by atoms with Crippen LogP contribution in [0, 0.1) is 16.7 Å². The number of anilines is 1. The number of pyridine rings is 1. The molecule has 0 unspecified atom stereocenters. The molecule has 1 spiro atoms. The van der Waals surface area contributed by atoms with Gasteiger partial charge in [0.15, 0.2) is 0 Å². The average Bonchev–Trinajstić information content (AvgIpc) is 2.83. The normalized spacial score (nSPS) is 22.1. The van der Waals surface area contributed by atoms with Crippen LogP contribution >= 0.6 is 0 Å². The van der Waals surface area contributed by atoms with Gasteiger partial charge in [-0.3, -0.25) is 0 Å². The lowest BCUT2D eigenvalue weighted by Gasteiger charge is -2.33. The molecular formula is C15H19N3. The summed E-state index contributed by atoms with van der Waals surface area (Å²) in [5.41, 5.74) is 1.26. The van der Waals surface area contributed by atoms with Gasteiger partial charge in [-0.1, -0.05) is 19.3 Å². The third kappa shape index (κ3) is 2.08. The minimum absolute atomic E-state index is 0.544. The number of hydrogen-bond acceptors (Lipinski definition) is 3. The summed E-state index contributed by atoms with van der Waals surface area (Å²) in [5.74, 6) is 0.983. The maximum atomic E-state index is 8.95. The van der Waals surface area contributed by atoms with E-state index in [1.165, 1.54) is 38.5 Å². The Bertz CT molecular complexity index is 469. The van der Waals surface area contributed by atoms with Gasteiger partial charge in [-0.2, -0.15) is 5.26 Å². The molecule has 1 aliphatic carbocycles. The van der Waals surface area contributed by atoms with Crippen LogP contribution in [0.5, 0.6) is 0 Å². The Kier molecular flexibility index (Phi) is 2.95. The van der Waals surface area contributed by atoms with Crippen molar-refractivity contribution < 1.29 is 0 Å². The van der Waals surface area contributed by atoms with Gasteiger partial charge >= 0.3 is 0 Å². The Morgan fingerprint density at radius 2 is 2.06 bits per heavy atom. The van der Waals surface area contributed by atoms with Crippen molar-refractivity contribution in [3.8, 4) is 6.07 Å². The summed E-state index contributed by atoms with van der Waals surface area (Å²) in [5, 5.41) is 8.95. The molecule has 2 heterocycles. The fraction of sp³-hybridized carbons (Fsp3) is 0.600. The van der Waals surface area contributed by atoms with Crippen molar-refractivity contribution in [3.05, 3.63) is 23.9 Å². The molecule has 1 aliphatic heterocycles. The van der Waals surface area contributed by atoms with E-state index >= 15 is 0 Å². The molecule has 2 aliphatic rings. The Hall–Kier alpha value is -1.56. The average molecular weight is 241 g/mol. The van der Waals surface area contributed by atoms with Crippen LogP contribution in [0.3, 0.4) is 0 Å². The zero-order valence-corrected chi connectivity index (χ0v) is 10.7. The molecule has 18 heavy (non-hydrogen) atoms. The summed E-state index contributed by atoms with van der Waals surface area (Å²) in [6.07, 6.45) is 9.98. The maximum absolute atomic E-state index is 8.95. The second-order valence-electron chi connectivity index (χ2n) is 5.75. The second-order valence-corrected chi connectivity index (χ2v) is 5.75. The lowest BCUT2D eigenvalue weighted by Crippen LogP contribution is -2.29. The van der Waals surface area contributed by atoms with E-state index in [-0.39, 0.29) is 0 Å². The van der Waals surface area contributed by atoms with Gasteiger partial charge in [0.25, 0.3) is 0 Å². The molecule has 0 N–H and O–H groups in total. The zero-order valence-electron chi connectivity index (χ0n) is 10.7. The van der Waals surface area contributed by atoms with E-state index in [4.69, 9.17) is 5.26 Å². The van der Waals surface area contributed by atoms with Crippen LogP contribution in [0.2, 0.25) is 0 Å². The number of rotatable bonds is 1. The van der Waals surface area contributed by atoms with E-state index in [1.807, 2.05) is 6.07 Å². The van der Waals surface area contributed by atoms with Gasteiger partial charge in [-0.25, -0.2) is 4.98 Å². The fourth-order valence-corrected chi connectivity index (χ4v) is 3.50. The molecule has 3 nitrogen and oxygen atoms in total. The fourth-order valence-electron chi connectivity index (χ4n) is 3.50. The van der Waals surface area contributed by atoms with Crippen molar-refractivity contribution in [1.82, 2.24) is 4.98 Å². The van der Waals surface area contributed by atoms with Crippen LogP contribution in [0.15, 0.2) is 18.3 Å². The Balaban J connectivity index is 1.77. The largest absolute Gasteiger partial charge is 0.356 e. The topological polar surface area (TPSA) is 39.9 Å². The van der Waals surface area contributed by atoms with Crippen LogP contribution in [-0.2, 0) is 0 Å². The molecule has 94 valence electrons. The lowest BCUT2D eigenvalue weighted by molar-refractivity contribution is 0.219. The highest BCUT2D eigenvalue weighted by atomic mass is 15.2. The summed E-state index contributed by atoms with van der Waals surface area (Å²) in [6.45, 7) is 2.23. The monoisotopic (exact) mass is 241 g/mol. The smallest absolute Gasteiger partial charge is 0.129 e. The van der Waals surface area contributed by atoms with E-state index in [0.29, 0.717) is 11.0 Å². The first-order valence-corrected chi connectivity index (χ1v) is 6.93. The molecule has 1 aromatic heterocycles. The van der Waals surface area contributed by atoms with E-state index < -0.39 is 0 Å². The minimum atomic E-state index is 0.544. The summed E-state index contributed by atoms with van der Waals surface area (Å²) >= 11 is 0. The zero-order chi connectivity index (χ0) is 12.4. The first kappa shape index (κ1) is 11.5. The minimum Gasteiger partial charge on any atom is -0.356 e. The van der Waals surface area contributed by atoms with Crippen molar-refractivity contribution in [1.29, 1.82) is 5.26 Å². The Morgan fingerprint density at radius 1 is 1.22 bits per heavy atom. The molecule has 0 amide bonds. The van der Waals surface area contributed by atoms with Crippen LogP contribution in [0.1, 0.15) is 44.1 Å². The van der Waals surface area contributed by atoms with Gasteiger partial charge in [-0.05, 0) is 36.8 Å². The summed E-state index contributed by atoms with van der Waals surface area (Å²) in [7, 11) is 0.